The molecule has 5 N–H and O–H groups in total. The van der Waals surface area contributed by atoms with Crippen LogP contribution < -0.4 is 11.5 Å². The number of nitrogens with one attached hydrogen (secondary N) is 1. The third-order valence-corrected chi connectivity index (χ3v) is 3.08. The van der Waals surface area contributed by atoms with Crippen molar-refractivity contribution < 1.29 is 0 Å². The number of nitrogens with zero attached hydrogens (tertiary/aromatic N) is 2. The van der Waals surface area contributed by atoms with E-state index in [2.05, 4.69) is 15.0 Å². The summed E-state index contributed by atoms with van der Waals surface area (Å²) in [6.07, 6.45) is 4.99. The molecule has 3 rings (SSSR count). The molecule has 1 fully saturated rings. The van der Waals surface area contributed by atoms with Gasteiger partial charge in [0.15, 0.2) is 0 Å². The van der Waals surface area contributed by atoms with Gasteiger partial charge in [-0.15, -0.1) is 12.4 Å². The quantitative estimate of drug-likeness (QED) is 0.681. The summed E-state index contributed by atoms with van der Waals surface area (Å²) >= 11 is 0. The van der Waals surface area contributed by atoms with E-state index in [4.69, 9.17) is 11.5 Å². The maximum atomic E-state index is 6.26. The second-order valence-corrected chi connectivity index (χ2v) is 4.29. The van der Waals surface area contributed by atoms with Crippen LogP contribution in [0.3, 0.4) is 0 Å². The lowest BCUT2D eigenvalue weighted by Crippen LogP contribution is -2.55. The van der Waals surface area contributed by atoms with Gasteiger partial charge in [-0.1, -0.05) is 0 Å². The number of nitrogens with two attached hydrogens (primary N) is 2. The van der Waals surface area contributed by atoms with Gasteiger partial charge in [0.25, 0.3) is 0 Å². The van der Waals surface area contributed by atoms with Gasteiger partial charge in [0.2, 0.25) is 0 Å². The van der Waals surface area contributed by atoms with Crippen LogP contribution in [-0.4, -0.2) is 21.0 Å². The van der Waals surface area contributed by atoms with Gasteiger partial charge in [-0.3, -0.25) is 0 Å². The topological polar surface area (TPSA) is 93.6 Å². The number of rotatable bonds is 1. The molecule has 5 nitrogen and oxygen atoms in total. The number of hydrogen-bond acceptors (Lipinski definition) is 4. The number of aromatic amines is 1. The van der Waals surface area contributed by atoms with Crippen molar-refractivity contribution in [1.29, 1.82) is 0 Å². The molecule has 6 heteroatoms. The fourth-order valence-corrected chi connectivity index (χ4v) is 2.34. The van der Waals surface area contributed by atoms with Gasteiger partial charge in [0.05, 0.1) is 11.2 Å². The molecule has 0 atom stereocenters. The number of aromatic nitrogens is 3. The van der Waals surface area contributed by atoms with Crippen LogP contribution in [0.2, 0.25) is 0 Å². The van der Waals surface area contributed by atoms with Crippen LogP contribution in [0.4, 0.5) is 0 Å². The number of hydrogen-bond donors (Lipinski definition) is 3. The lowest BCUT2D eigenvalue weighted by molar-refractivity contribution is 0.207. The molecule has 0 radical (unpaired) electrons. The van der Waals surface area contributed by atoms with E-state index in [9.17, 15) is 0 Å². The van der Waals surface area contributed by atoms with Crippen LogP contribution in [0.15, 0.2) is 18.6 Å². The monoisotopic (exact) mass is 239 g/mol. The molecule has 1 aliphatic carbocycles. The molecular weight excluding hydrogens is 226 g/mol. The summed E-state index contributed by atoms with van der Waals surface area (Å²) in [6.45, 7) is 0. The van der Waals surface area contributed by atoms with Crippen molar-refractivity contribution in [2.75, 3.05) is 0 Å². The number of fused-ring (bicyclic) bond motifs is 1. The molecule has 2 aromatic heterocycles. The second-order valence-electron chi connectivity index (χ2n) is 4.29. The summed E-state index contributed by atoms with van der Waals surface area (Å²) in [7, 11) is 0. The van der Waals surface area contributed by atoms with Gasteiger partial charge < -0.3 is 16.5 Å². The fraction of sp³-hybridized carbons (Fsp3) is 0.400. The van der Waals surface area contributed by atoms with E-state index in [0.29, 0.717) is 0 Å². The van der Waals surface area contributed by atoms with Crippen LogP contribution in [0, 0.1) is 0 Å². The molecule has 0 bridgehead atoms. The third kappa shape index (κ3) is 1.48. The smallest absolute Gasteiger partial charge is 0.141 e. The summed E-state index contributed by atoms with van der Waals surface area (Å²) in [5.41, 5.74) is 13.4. The third-order valence-electron chi connectivity index (χ3n) is 3.08. The maximum absolute atomic E-state index is 6.26. The van der Waals surface area contributed by atoms with Crippen molar-refractivity contribution in [3.63, 3.8) is 0 Å². The predicted octanol–water partition coefficient (Wildman–Crippen LogP) is 0.655. The Hall–Kier alpha value is -1.17. The Balaban J connectivity index is 0.000000963. The zero-order chi connectivity index (χ0) is 10.5. The van der Waals surface area contributed by atoms with Gasteiger partial charge in [0.1, 0.15) is 12.0 Å². The van der Waals surface area contributed by atoms with E-state index in [-0.39, 0.29) is 24.0 Å². The minimum atomic E-state index is -0.358. The minimum Gasteiger partial charge on any atom is -0.346 e. The molecule has 0 amide bonds. The normalized spacial score (nSPS) is 28.5. The Morgan fingerprint density at radius 2 is 2.12 bits per heavy atom. The van der Waals surface area contributed by atoms with Gasteiger partial charge >= 0.3 is 0 Å². The fourth-order valence-electron chi connectivity index (χ4n) is 2.34. The molecule has 1 saturated carbocycles. The van der Waals surface area contributed by atoms with E-state index in [0.717, 1.165) is 29.6 Å². The molecule has 0 saturated heterocycles. The van der Waals surface area contributed by atoms with Crippen LogP contribution in [-0.2, 0) is 5.54 Å². The Kier molecular flexibility index (Phi) is 2.61. The van der Waals surface area contributed by atoms with E-state index in [1.165, 1.54) is 0 Å². The molecule has 0 aromatic carbocycles. The molecule has 86 valence electrons. The van der Waals surface area contributed by atoms with Crippen molar-refractivity contribution in [1.82, 2.24) is 15.0 Å². The average Bonchev–Trinajstić information content (AvgIpc) is 2.62. The molecular formula is C10H14ClN5. The van der Waals surface area contributed by atoms with Crippen LogP contribution in [0.5, 0.6) is 0 Å². The molecule has 16 heavy (non-hydrogen) atoms. The molecule has 0 spiro atoms. The second kappa shape index (κ2) is 3.69. The summed E-state index contributed by atoms with van der Waals surface area (Å²) in [5.74, 6) is 0. The molecule has 0 aliphatic heterocycles. The van der Waals surface area contributed by atoms with Crippen LogP contribution in [0.25, 0.3) is 11.0 Å². The van der Waals surface area contributed by atoms with E-state index in [1.807, 2.05) is 12.3 Å². The zero-order valence-electron chi connectivity index (χ0n) is 8.68. The van der Waals surface area contributed by atoms with Gasteiger partial charge in [0, 0.05) is 17.6 Å². The zero-order valence-corrected chi connectivity index (χ0v) is 9.50. The van der Waals surface area contributed by atoms with Gasteiger partial charge in [-0.25, -0.2) is 9.97 Å². The maximum Gasteiger partial charge on any atom is 0.141 e. The van der Waals surface area contributed by atoms with Gasteiger partial charge in [-0.2, -0.15) is 0 Å². The Bertz CT molecular complexity index is 503. The minimum absolute atomic E-state index is 0. The predicted molar refractivity (Wildman–Crippen MR) is 64.2 cm³/mol. The van der Waals surface area contributed by atoms with Crippen LogP contribution >= 0.6 is 12.4 Å². The van der Waals surface area contributed by atoms with E-state index >= 15 is 0 Å². The molecule has 2 aromatic rings. The first kappa shape index (κ1) is 11.3. The molecule has 2 heterocycles. The highest BCUT2D eigenvalue weighted by Crippen LogP contribution is 2.39. The standard InChI is InChI=1S/C10H13N5.ClH/c11-6-3-10(12,4-6)8-7-1-2-13-9(7)15-5-14-8;/h1-2,5-6H,3-4,11-12H2,(H,13,14,15);1H. The summed E-state index contributed by atoms with van der Waals surface area (Å²) in [4.78, 5) is 11.5. The van der Waals surface area contributed by atoms with Crippen molar-refractivity contribution in [2.45, 2.75) is 24.4 Å². The highest BCUT2D eigenvalue weighted by atomic mass is 35.5. The molecule has 1 aliphatic rings. The Morgan fingerprint density at radius 1 is 1.38 bits per heavy atom. The summed E-state index contributed by atoms with van der Waals surface area (Å²) < 4.78 is 0. The van der Waals surface area contributed by atoms with Crippen molar-refractivity contribution in [2.24, 2.45) is 11.5 Å². The Labute approximate surface area is 99.0 Å². The SMILES string of the molecule is Cl.NC1CC(N)(c2ncnc3[nH]ccc23)C1. The van der Waals surface area contributed by atoms with Gasteiger partial charge in [-0.05, 0) is 18.9 Å². The van der Waals surface area contributed by atoms with Crippen LogP contribution in [0.1, 0.15) is 18.5 Å². The van der Waals surface area contributed by atoms with Crippen molar-refractivity contribution >= 4 is 23.4 Å². The number of halogens is 1. The van der Waals surface area contributed by atoms with E-state index in [1.54, 1.807) is 6.33 Å². The molecule has 0 unspecified atom stereocenters. The average molecular weight is 240 g/mol. The first-order valence-corrected chi connectivity index (χ1v) is 5.02. The summed E-state index contributed by atoms with van der Waals surface area (Å²) in [5, 5.41) is 1.01. The lowest BCUT2D eigenvalue weighted by atomic mass is 9.71. The van der Waals surface area contributed by atoms with Crippen molar-refractivity contribution in [3.05, 3.63) is 24.3 Å². The lowest BCUT2D eigenvalue weighted by Gasteiger charge is -2.42. The Morgan fingerprint density at radius 3 is 2.81 bits per heavy atom. The first-order valence-electron chi connectivity index (χ1n) is 5.02. The number of H-pyrrole nitrogens is 1. The van der Waals surface area contributed by atoms with Crippen molar-refractivity contribution in [3.8, 4) is 0 Å². The highest BCUT2D eigenvalue weighted by Gasteiger charge is 2.42. The largest absolute Gasteiger partial charge is 0.346 e. The highest BCUT2D eigenvalue weighted by molar-refractivity contribution is 5.85. The summed E-state index contributed by atoms with van der Waals surface area (Å²) in [6, 6.07) is 2.17. The first-order chi connectivity index (χ1) is 7.19. The van der Waals surface area contributed by atoms with E-state index < -0.39 is 0 Å².